The lowest BCUT2D eigenvalue weighted by Gasteiger charge is -2.34. The first kappa shape index (κ1) is 15.7. The van der Waals surface area contributed by atoms with E-state index in [1.54, 1.807) is 0 Å². The Morgan fingerprint density at radius 3 is 1.27 bits per heavy atom. The monoisotopic (exact) mass is 266 g/mol. The molecule has 0 spiro atoms. The molecular formula is C10H26O2SSi2. The molecule has 0 saturated carbocycles. The van der Waals surface area contributed by atoms with Gasteiger partial charge in [-0.05, 0) is 26.2 Å². The average molecular weight is 267 g/mol. The maximum absolute atomic E-state index is 5.64. The Kier molecular flexibility index (Phi) is 6.14. The molecule has 0 rings (SSSR count). The van der Waals surface area contributed by atoms with Gasteiger partial charge in [-0.2, -0.15) is 11.8 Å². The lowest BCUT2D eigenvalue weighted by Crippen LogP contribution is -2.46. The Morgan fingerprint density at radius 1 is 0.800 bits per heavy atom. The summed E-state index contributed by atoms with van der Waals surface area (Å²) in [6.45, 7) is 13.7. The molecule has 2 unspecified atom stereocenters. The highest BCUT2D eigenvalue weighted by molar-refractivity contribution is 8.03. The van der Waals surface area contributed by atoms with E-state index < -0.39 is 16.6 Å². The lowest BCUT2D eigenvalue weighted by atomic mass is 10.9. The molecule has 0 aromatic heterocycles. The molecule has 0 bridgehead atoms. The van der Waals surface area contributed by atoms with Crippen molar-refractivity contribution in [2.24, 2.45) is 0 Å². The third kappa shape index (κ3) is 4.60. The molecule has 0 aliphatic rings. The average Bonchev–Trinajstić information content (AvgIpc) is 2.17. The van der Waals surface area contributed by atoms with Gasteiger partial charge in [0.15, 0.2) is 16.6 Å². The Balaban J connectivity index is 4.36. The van der Waals surface area contributed by atoms with Crippen LogP contribution in [0.5, 0.6) is 0 Å². The van der Waals surface area contributed by atoms with Crippen molar-refractivity contribution < 1.29 is 8.85 Å². The molecule has 0 amide bonds. The molecule has 5 heteroatoms. The van der Waals surface area contributed by atoms with Crippen LogP contribution in [0, 0.1) is 0 Å². The van der Waals surface area contributed by atoms with Gasteiger partial charge >= 0.3 is 0 Å². The van der Waals surface area contributed by atoms with E-state index >= 15 is 0 Å². The minimum atomic E-state index is -1.51. The molecule has 0 saturated heterocycles. The van der Waals surface area contributed by atoms with Gasteiger partial charge in [0.25, 0.3) is 0 Å². The second-order valence-corrected chi connectivity index (χ2v) is 16.5. The molecule has 0 aromatic carbocycles. The summed E-state index contributed by atoms with van der Waals surface area (Å²) in [6, 6.07) is 0. The minimum Gasteiger partial charge on any atom is -0.419 e. The maximum atomic E-state index is 5.64. The first-order valence-electron chi connectivity index (χ1n) is 5.43. The van der Waals surface area contributed by atoms with Crippen LogP contribution in [-0.4, -0.2) is 40.6 Å². The highest BCUT2D eigenvalue weighted by Gasteiger charge is 2.36. The van der Waals surface area contributed by atoms with Gasteiger partial charge in [-0.15, -0.1) is 0 Å². The first-order chi connectivity index (χ1) is 6.67. The van der Waals surface area contributed by atoms with Crippen molar-refractivity contribution in [1.29, 1.82) is 0 Å². The highest BCUT2D eigenvalue weighted by Crippen LogP contribution is 2.31. The van der Waals surface area contributed by atoms with E-state index in [1.165, 1.54) is 0 Å². The Morgan fingerprint density at radius 2 is 1.07 bits per heavy atom. The summed E-state index contributed by atoms with van der Waals surface area (Å²) < 4.78 is 11.3. The summed E-state index contributed by atoms with van der Waals surface area (Å²) in [4.78, 5) is 1.22. The van der Waals surface area contributed by atoms with Crippen molar-refractivity contribution in [3.63, 3.8) is 0 Å². The fraction of sp³-hybridized carbons (Fsp3) is 1.00. The summed E-state index contributed by atoms with van der Waals surface area (Å²) in [6.07, 6.45) is 0. The van der Waals surface area contributed by atoms with E-state index in [0.29, 0.717) is 9.75 Å². The van der Waals surface area contributed by atoms with Crippen molar-refractivity contribution in [3.05, 3.63) is 0 Å². The van der Waals surface area contributed by atoms with Crippen molar-refractivity contribution in [2.45, 2.75) is 49.8 Å². The van der Waals surface area contributed by atoms with Crippen LogP contribution in [0.25, 0.3) is 0 Å². The quantitative estimate of drug-likeness (QED) is 0.688. The minimum absolute atomic E-state index is 0.611. The van der Waals surface area contributed by atoms with Crippen LogP contribution in [0.15, 0.2) is 0 Å². The smallest absolute Gasteiger partial charge is 0.198 e. The zero-order valence-corrected chi connectivity index (χ0v) is 14.2. The van der Waals surface area contributed by atoms with Gasteiger partial charge in [0.1, 0.15) is 0 Å². The number of hydrogen-bond acceptors (Lipinski definition) is 3. The van der Waals surface area contributed by atoms with Crippen LogP contribution in [-0.2, 0) is 8.85 Å². The van der Waals surface area contributed by atoms with Crippen molar-refractivity contribution in [1.82, 2.24) is 0 Å². The molecule has 0 heterocycles. The van der Waals surface area contributed by atoms with Gasteiger partial charge < -0.3 is 8.85 Å². The van der Waals surface area contributed by atoms with Gasteiger partial charge in [0, 0.05) is 24.0 Å². The Hall–Kier alpha value is 0.704. The standard InChI is InChI=1S/C10H26O2SSi2/c1-9(14(5,6)11-3)13-10(2)15(7,8)12-4/h9-10H,1-8H3. The summed E-state index contributed by atoms with van der Waals surface area (Å²) in [5.74, 6) is 0. The molecule has 0 radical (unpaired) electrons. The topological polar surface area (TPSA) is 18.5 Å². The van der Waals surface area contributed by atoms with Crippen LogP contribution in [0.2, 0.25) is 26.2 Å². The predicted molar refractivity (Wildman–Crippen MR) is 75.5 cm³/mol. The highest BCUT2D eigenvalue weighted by atomic mass is 32.2. The van der Waals surface area contributed by atoms with Gasteiger partial charge in [-0.1, -0.05) is 13.8 Å². The zero-order chi connectivity index (χ0) is 12.3. The third-order valence-corrected chi connectivity index (χ3v) is 14.5. The number of hydrogen-bond donors (Lipinski definition) is 0. The van der Waals surface area contributed by atoms with Gasteiger partial charge in [-0.3, -0.25) is 0 Å². The fourth-order valence-electron chi connectivity index (χ4n) is 0.966. The number of thioether (sulfide) groups is 1. The summed E-state index contributed by atoms with van der Waals surface area (Å²) in [7, 11) is 0.669. The van der Waals surface area contributed by atoms with Gasteiger partial charge in [0.05, 0.1) is 0 Å². The molecule has 0 aliphatic heterocycles. The van der Waals surface area contributed by atoms with Crippen molar-refractivity contribution >= 4 is 28.4 Å². The summed E-state index contributed by atoms with van der Waals surface area (Å²) in [5.41, 5.74) is 0. The van der Waals surface area contributed by atoms with Crippen LogP contribution in [0.3, 0.4) is 0 Å². The molecule has 2 atom stereocenters. The first-order valence-corrected chi connectivity index (χ1v) is 12.3. The molecular weight excluding hydrogens is 240 g/mol. The molecule has 0 aliphatic carbocycles. The molecule has 0 aromatic rings. The molecule has 92 valence electrons. The van der Waals surface area contributed by atoms with Gasteiger partial charge in [0.2, 0.25) is 0 Å². The zero-order valence-electron chi connectivity index (χ0n) is 11.4. The molecule has 0 N–H and O–H groups in total. The second-order valence-electron chi connectivity index (χ2n) is 5.04. The van der Waals surface area contributed by atoms with Crippen LogP contribution in [0.4, 0.5) is 0 Å². The van der Waals surface area contributed by atoms with E-state index in [9.17, 15) is 0 Å². The van der Waals surface area contributed by atoms with Crippen LogP contribution < -0.4 is 0 Å². The fourth-order valence-corrected chi connectivity index (χ4v) is 7.07. The van der Waals surface area contributed by atoms with E-state index in [2.05, 4.69) is 40.0 Å². The van der Waals surface area contributed by atoms with Crippen LogP contribution >= 0.6 is 11.8 Å². The number of rotatable bonds is 6. The predicted octanol–water partition coefficient (Wildman–Crippen LogP) is 3.28. The second kappa shape index (κ2) is 5.86. The lowest BCUT2D eigenvalue weighted by molar-refractivity contribution is 0.401. The summed E-state index contributed by atoms with van der Waals surface area (Å²) in [5, 5.41) is 0. The SMILES string of the molecule is CO[Si](C)(C)C(C)SC(C)[Si](C)(C)OC. The third-order valence-electron chi connectivity index (χ3n) is 3.42. The maximum Gasteiger partial charge on any atom is 0.198 e. The van der Waals surface area contributed by atoms with E-state index in [0.717, 1.165) is 0 Å². The van der Waals surface area contributed by atoms with E-state index in [4.69, 9.17) is 8.85 Å². The molecule has 0 fully saturated rings. The molecule has 15 heavy (non-hydrogen) atoms. The molecule has 2 nitrogen and oxygen atoms in total. The Labute approximate surface area is 101 Å². The van der Waals surface area contributed by atoms with Crippen molar-refractivity contribution in [2.75, 3.05) is 14.2 Å². The Bertz CT molecular complexity index is 178. The van der Waals surface area contributed by atoms with Crippen LogP contribution in [0.1, 0.15) is 13.8 Å². The van der Waals surface area contributed by atoms with Crippen molar-refractivity contribution in [3.8, 4) is 0 Å². The normalized spacial score (nSPS) is 17.6. The largest absolute Gasteiger partial charge is 0.419 e. The summed E-state index contributed by atoms with van der Waals surface area (Å²) >= 11 is 2.04. The van der Waals surface area contributed by atoms with E-state index in [1.807, 2.05) is 26.0 Å². The van der Waals surface area contributed by atoms with Gasteiger partial charge in [-0.25, -0.2) is 0 Å². The van der Waals surface area contributed by atoms with E-state index in [-0.39, 0.29) is 0 Å².